The van der Waals surface area contributed by atoms with E-state index in [1.54, 1.807) is 0 Å². The van der Waals surface area contributed by atoms with Gasteiger partial charge in [-0.25, -0.2) is 0 Å². The van der Waals surface area contributed by atoms with Crippen LogP contribution in [0.25, 0.3) is 12.2 Å². The summed E-state index contributed by atoms with van der Waals surface area (Å²) in [5.74, 6) is 0. The maximum absolute atomic E-state index is 2.57. The number of hydrogen-bond acceptors (Lipinski definition) is 0. The van der Waals surface area contributed by atoms with Crippen LogP contribution in [0.3, 0.4) is 0 Å². The quantitative estimate of drug-likeness (QED) is 0.319. The van der Waals surface area contributed by atoms with Gasteiger partial charge in [-0.15, -0.1) is 0 Å². The molecule has 184 valence electrons. The molecule has 3 heteroatoms. The molecule has 0 saturated heterocycles. The van der Waals surface area contributed by atoms with Crippen LogP contribution >= 0.6 is 0 Å². The average molecular weight is 601 g/mol. The molecule has 0 fully saturated rings. The van der Waals surface area contributed by atoms with Crippen LogP contribution in [0, 0.1) is 0 Å². The molecule has 0 radical (unpaired) electrons. The summed E-state index contributed by atoms with van der Waals surface area (Å²) in [4.78, 5) is 0. The van der Waals surface area contributed by atoms with Gasteiger partial charge in [0, 0.05) is 0 Å². The molecule has 6 rings (SSSR count). The van der Waals surface area contributed by atoms with Gasteiger partial charge >= 0.3 is 222 Å². The molecule has 2 unspecified atom stereocenters. The Morgan fingerprint density at radius 2 is 0.838 bits per heavy atom. The van der Waals surface area contributed by atoms with Gasteiger partial charge in [-0.05, 0) is 0 Å². The third-order valence-corrected chi connectivity index (χ3v) is 13.2. The molecule has 37 heavy (non-hydrogen) atoms. The molecule has 2 atom stereocenters. The topological polar surface area (TPSA) is 0 Å². The van der Waals surface area contributed by atoms with Crippen molar-refractivity contribution in [2.24, 2.45) is 0 Å². The van der Waals surface area contributed by atoms with Crippen LogP contribution in [0.2, 0.25) is 0 Å². The molecule has 0 aliphatic heterocycles. The van der Waals surface area contributed by atoms with Crippen LogP contribution in [0.15, 0.2) is 109 Å². The van der Waals surface area contributed by atoms with E-state index in [-0.39, 0.29) is 31.1 Å². The second-order valence-corrected chi connectivity index (χ2v) is 14.1. The number of rotatable bonds is 6. The summed E-state index contributed by atoms with van der Waals surface area (Å²) < 4.78 is -0.0651. The molecule has 4 aromatic carbocycles. The van der Waals surface area contributed by atoms with E-state index in [2.05, 4.69) is 135 Å². The zero-order chi connectivity index (χ0) is 23.9. The van der Waals surface area contributed by atoms with Crippen molar-refractivity contribution in [2.75, 3.05) is 0 Å². The van der Waals surface area contributed by atoms with Crippen LogP contribution in [-0.4, -0.2) is 0 Å². The van der Waals surface area contributed by atoms with E-state index in [0.717, 1.165) is 12.8 Å². The molecule has 0 aromatic heterocycles. The maximum atomic E-state index is 2.57. The Bertz CT molecular complexity index is 1360. The first-order valence-electron chi connectivity index (χ1n) is 12.8. The molecular weight excluding hydrogens is 571 g/mol. The Labute approximate surface area is 245 Å². The molecule has 0 N–H and O–H groups in total. The molecule has 4 aromatic rings. The van der Waals surface area contributed by atoms with Gasteiger partial charge in [0.25, 0.3) is 0 Å². The van der Waals surface area contributed by atoms with Crippen LogP contribution in [0.4, 0.5) is 0 Å². The van der Waals surface area contributed by atoms with Crippen molar-refractivity contribution in [3.8, 4) is 0 Å². The molecule has 2 aliphatic carbocycles. The third-order valence-electron chi connectivity index (χ3n) is 7.84. The Morgan fingerprint density at radius 3 is 1.24 bits per heavy atom. The Morgan fingerprint density at radius 1 is 0.486 bits per heavy atom. The minimum atomic E-state index is -1.32. The van der Waals surface area contributed by atoms with Gasteiger partial charge < -0.3 is 24.8 Å². The molecule has 0 nitrogen and oxygen atoms in total. The standard InChI is InChI=1S/2C17H15.2ClH.Zr/c2*1-2-13-7-3-5-9-15(13)17-12-11-14-8-4-6-10-16(14)17;;;/h2*3-12H,2H2,1H3;2*1H;/q;;;;+2/p-2. The molecule has 0 heterocycles. The van der Waals surface area contributed by atoms with Crippen LogP contribution in [0.5, 0.6) is 0 Å². The summed E-state index contributed by atoms with van der Waals surface area (Å²) in [7, 11) is 0. The van der Waals surface area contributed by atoms with Crippen molar-refractivity contribution < 1.29 is 48.0 Å². The van der Waals surface area contributed by atoms with Gasteiger partial charge in [-0.2, -0.15) is 0 Å². The van der Waals surface area contributed by atoms with Gasteiger partial charge in [0.05, 0.1) is 0 Å². The molecule has 0 bridgehead atoms. The van der Waals surface area contributed by atoms with Crippen LogP contribution in [-0.2, 0) is 42.3 Å². The van der Waals surface area contributed by atoms with E-state index < -0.39 is 23.2 Å². The van der Waals surface area contributed by atoms with Gasteiger partial charge in [0.15, 0.2) is 0 Å². The molecular formula is C34H30Cl2Zr. The van der Waals surface area contributed by atoms with Gasteiger partial charge in [0.1, 0.15) is 0 Å². The van der Waals surface area contributed by atoms with Gasteiger partial charge in [-0.3, -0.25) is 0 Å². The largest absolute Gasteiger partial charge is 1.00 e. The zero-order valence-corrected chi connectivity index (χ0v) is 25.2. The van der Waals surface area contributed by atoms with E-state index in [9.17, 15) is 0 Å². The minimum Gasteiger partial charge on any atom is -1.00 e. The summed E-state index contributed by atoms with van der Waals surface area (Å²) in [6.45, 7) is 4.60. The maximum Gasteiger partial charge on any atom is -1.00 e. The normalized spacial score (nSPS) is 20.4. The Hall–Kier alpha value is -2.18. The monoisotopic (exact) mass is 598 g/mol. The Kier molecular flexibility index (Phi) is 8.49. The fourth-order valence-electron chi connectivity index (χ4n) is 6.17. The number of aryl methyl sites for hydroxylation is 2. The van der Waals surface area contributed by atoms with Crippen LogP contribution < -0.4 is 24.8 Å². The van der Waals surface area contributed by atoms with Crippen LogP contribution in [0.1, 0.15) is 58.4 Å². The summed E-state index contributed by atoms with van der Waals surface area (Å²) >= 11 is -1.32. The van der Waals surface area contributed by atoms with Crippen molar-refractivity contribution in [3.05, 3.63) is 154 Å². The van der Waals surface area contributed by atoms with E-state index in [4.69, 9.17) is 0 Å². The average Bonchev–Trinajstić information content (AvgIpc) is 3.49. The van der Waals surface area contributed by atoms with Crippen molar-refractivity contribution in [1.82, 2.24) is 0 Å². The van der Waals surface area contributed by atoms with Crippen molar-refractivity contribution >= 4 is 12.2 Å². The fourth-order valence-corrected chi connectivity index (χ4v) is 12.2. The second-order valence-electron chi connectivity index (χ2n) is 9.60. The molecule has 2 aliphatic rings. The van der Waals surface area contributed by atoms with E-state index in [0.29, 0.717) is 0 Å². The van der Waals surface area contributed by atoms with Crippen molar-refractivity contribution in [3.63, 3.8) is 0 Å². The first kappa shape index (κ1) is 27.8. The van der Waals surface area contributed by atoms with Crippen molar-refractivity contribution in [2.45, 2.75) is 32.9 Å². The van der Waals surface area contributed by atoms with Gasteiger partial charge in [0.2, 0.25) is 0 Å². The summed E-state index contributed by atoms with van der Waals surface area (Å²) in [5.41, 5.74) is 11.7. The summed E-state index contributed by atoms with van der Waals surface area (Å²) in [5, 5.41) is 0. The molecule has 0 spiro atoms. The smallest absolute Gasteiger partial charge is 1.00 e. The summed E-state index contributed by atoms with van der Waals surface area (Å²) in [6.07, 6.45) is 12.0. The van der Waals surface area contributed by atoms with E-state index in [1.165, 1.54) is 44.5 Å². The number of benzene rings is 4. The fraction of sp³-hybridized carbons (Fsp3) is 0.176. The first-order chi connectivity index (χ1) is 17.2. The molecule has 0 saturated carbocycles. The number of halogens is 2. The SMILES string of the molecule is CCc1ccccc1[C]1([Zr+2][C]2(c3ccccc3CC)C=Cc3ccccc32)C=Cc2ccccc21.[Cl-].[Cl-]. The first-order valence-corrected chi connectivity index (χ1v) is 15.2. The summed E-state index contributed by atoms with van der Waals surface area (Å²) in [6, 6.07) is 36.6. The number of fused-ring (bicyclic) bond motifs is 2. The molecule has 0 amide bonds. The van der Waals surface area contributed by atoms with E-state index in [1.807, 2.05) is 0 Å². The number of allylic oxidation sites excluding steroid dienone is 2. The van der Waals surface area contributed by atoms with Gasteiger partial charge in [-0.1, -0.05) is 0 Å². The second kappa shape index (κ2) is 11.3. The zero-order valence-electron chi connectivity index (χ0n) is 21.2. The van der Waals surface area contributed by atoms with E-state index >= 15 is 0 Å². The number of hydrogen-bond donors (Lipinski definition) is 0. The predicted molar refractivity (Wildman–Crippen MR) is 144 cm³/mol. The minimum absolute atomic E-state index is 0. The van der Waals surface area contributed by atoms with Crippen molar-refractivity contribution in [1.29, 1.82) is 0 Å². The third kappa shape index (κ3) is 4.44. The predicted octanol–water partition coefficient (Wildman–Crippen LogP) is 2.14. The Balaban J connectivity index is 0.00000160.